The maximum Gasteiger partial charge on any atom is 0.407 e. The molecule has 2 aromatic carbocycles. The van der Waals surface area contributed by atoms with Crippen LogP contribution in [0.3, 0.4) is 0 Å². The highest BCUT2D eigenvalue weighted by molar-refractivity contribution is 5.79. The van der Waals surface area contributed by atoms with E-state index < -0.39 is 6.09 Å². The number of amides is 1. The minimum atomic E-state index is -0.418. The zero-order valence-electron chi connectivity index (χ0n) is 16.9. The molecule has 152 valence electrons. The first-order valence-electron chi connectivity index (χ1n) is 10.3. The number of pyridine rings is 1. The third-order valence-corrected chi connectivity index (χ3v) is 5.50. The first-order chi connectivity index (χ1) is 15.3. The Morgan fingerprint density at radius 3 is 2.58 bits per heavy atom. The highest BCUT2D eigenvalue weighted by atomic mass is 16.5. The molecule has 0 saturated heterocycles. The van der Waals surface area contributed by atoms with Crippen molar-refractivity contribution in [1.29, 1.82) is 0 Å². The summed E-state index contributed by atoms with van der Waals surface area (Å²) in [6.45, 7) is 0.747. The molecule has 31 heavy (non-hydrogen) atoms. The number of ether oxygens (including phenoxy) is 1. The number of benzene rings is 2. The summed E-state index contributed by atoms with van der Waals surface area (Å²) in [6.07, 6.45) is 3.71. The predicted octanol–water partition coefficient (Wildman–Crippen LogP) is 4.84. The monoisotopic (exact) mass is 407 g/mol. The van der Waals surface area contributed by atoms with E-state index in [1.807, 2.05) is 42.6 Å². The maximum atomic E-state index is 12.2. The van der Waals surface area contributed by atoms with Crippen LogP contribution in [-0.2, 0) is 4.74 Å². The fraction of sp³-hybridized carbons (Fsp3) is 0.154. The van der Waals surface area contributed by atoms with Crippen molar-refractivity contribution in [3.05, 3.63) is 89.7 Å². The lowest BCUT2D eigenvalue weighted by atomic mass is 9.98. The van der Waals surface area contributed by atoms with E-state index in [1.54, 1.807) is 6.20 Å². The summed E-state index contributed by atoms with van der Waals surface area (Å²) in [5.41, 5.74) is 6.55. The number of rotatable bonds is 4. The Morgan fingerprint density at radius 2 is 1.81 bits per heavy atom. The molecule has 1 amide bonds. The summed E-state index contributed by atoms with van der Waals surface area (Å²) in [5, 5.41) is 3.81. The average molecular weight is 407 g/mol. The van der Waals surface area contributed by atoms with Crippen LogP contribution in [0.15, 0.2) is 73.1 Å². The van der Waals surface area contributed by atoms with E-state index in [-0.39, 0.29) is 5.92 Å². The number of hydrogen-bond donors (Lipinski definition) is 2. The van der Waals surface area contributed by atoms with Gasteiger partial charge < -0.3 is 15.0 Å². The highest BCUT2D eigenvalue weighted by Crippen LogP contribution is 2.44. The Bertz CT molecular complexity index is 1270. The summed E-state index contributed by atoms with van der Waals surface area (Å²) >= 11 is 0. The predicted molar refractivity (Wildman–Crippen MR) is 121 cm³/mol. The largest absolute Gasteiger partial charge is 0.449 e. The van der Waals surface area contributed by atoms with Crippen LogP contribution >= 0.6 is 0 Å². The summed E-state index contributed by atoms with van der Waals surface area (Å²) in [4.78, 5) is 19.6. The molecule has 1 aliphatic carbocycles. The number of alkyl carbamates (subject to hydrolysis) is 1. The number of H-pyrrole nitrogens is 1. The van der Waals surface area contributed by atoms with Crippen molar-refractivity contribution in [3.8, 4) is 23.0 Å². The lowest BCUT2D eigenvalue weighted by Gasteiger charge is -2.14. The molecule has 0 aliphatic heterocycles. The first-order valence-corrected chi connectivity index (χ1v) is 10.3. The molecule has 2 heterocycles. The molecule has 5 rings (SSSR count). The second-order valence-corrected chi connectivity index (χ2v) is 7.44. The maximum absolute atomic E-state index is 12.2. The quantitative estimate of drug-likeness (QED) is 0.376. The molecule has 2 aromatic heterocycles. The van der Waals surface area contributed by atoms with Crippen molar-refractivity contribution in [3.63, 3.8) is 0 Å². The zero-order valence-corrected chi connectivity index (χ0v) is 16.9. The van der Waals surface area contributed by atoms with Crippen LogP contribution in [-0.4, -0.2) is 29.2 Å². The fourth-order valence-corrected chi connectivity index (χ4v) is 4.05. The second kappa shape index (κ2) is 8.37. The Labute approximate surface area is 180 Å². The number of aromatic amines is 1. The highest BCUT2D eigenvalue weighted by Gasteiger charge is 2.28. The lowest BCUT2D eigenvalue weighted by Crippen LogP contribution is -2.26. The van der Waals surface area contributed by atoms with Gasteiger partial charge in [-0.3, -0.25) is 0 Å². The van der Waals surface area contributed by atoms with Crippen LogP contribution in [0.4, 0.5) is 4.79 Å². The van der Waals surface area contributed by atoms with Crippen molar-refractivity contribution in [2.75, 3.05) is 13.2 Å². The Morgan fingerprint density at radius 1 is 1.06 bits per heavy atom. The van der Waals surface area contributed by atoms with Gasteiger partial charge in [-0.05, 0) is 34.4 Å². The van der Waals surface area contributed by atoms with Crippen molar-refractivity contribution in [1.82, 2.24) is 15.3 Å². The van der Waals surface area contributed by atoms with Gasteiger partial charge in [0.1, 0.15) is 12.3 Å². The van der Waals surface area contributed by atoms with E-state index in [0.717, 1.165) is 16.6 Å². The van der Waals surface area contributed by atoms with Crippen LogP contribution in [0.2, 0.25) is 0 Å². The van der Waals surface area contributed by atoms with Gasteiger partial charge in [-0.2, -0.15) is 0 Å². The van der Waals surface area contributed by atoms with E-state index in [1.165, 1.54) is 22.3 Å². The molecule has 0 radical (unpaired) electrons. The smallest absolute Gasteiger partial charge is 0.407 e. The Hall–Kier alpha value is -4.04. The zero-order chi connectivity index (χ0) is 21.0. The standard InChI is InChI=1S/C26H21N3O2/c30-26(28-13-6-5-7-18-15-19-12-14-27-25(19)29-16-18)31-17-24-22-10-3-1-8-20(22)21-9-2-4-11-23(21)24/h1-4,8-12,14-16,24H,6,13,17H2,(H,27,29)(H,28,30). The van der Waals surface area contributed by atoms with Crippen molar-refractivity contribution in [2.24, 2.45) is 0 Å². The minimum absolute atomic E-state index is 0.0637. The number of carbonyl (C=O) groups excluding carboxylic acids is 1. The van der Waals surface area contributed by atoms with Crippen LogP contribution in [0.5, 0.6) is 0 Å². The number of fused-ring (bicyclic) bond motifs is 4. The third kappa shape index (κ3) is 3.88. The molecule has 5 heteroatoms. The number of aromatic nitrogens is 2. The van der Waals surface area contributed by atoms with Crippen molar-refractivity contribution < 1.29 is 9.53 Å². The van der Waals surface area contributed by atoms with Gasteiger partial charge in [-0.25, -0.2) is 9.78 Å². The van der Waals surface area contributed by atoms with Gasteiger partial charge in [0.2, 0.25) is 0 Å². The van der Waals surface area contributed by atoms with Crippen LogP contribution in [0, 0.1) is 11.8 Å². The minimum Gasteiger partial charge on any atom is -0.449 e. The molecule has 0 unspecified atom stereocenters. The summed E-state index contributed by atoms with van der Waals surface area (Å²) in [7, 11) is 0. The number of nitrogens with one attached hydrogen (secondary N) is 2. The third-order valence-electron chi connectivity index (χ3n) is 5.50. The number of carbonyl (C=O) groups is 1. The normalized spacial score (nSPS) is 12.0. The second-order valence-electron chi connectivity index (χ2n) is 7.44. The van der Waals surface area contributed by atoms with Gasteiger partial charge in [-0.1, -0.05) is 60.4 Å². The van der Waals surface area contributed by atoms with Crippen molar-refractivity contribution >= 4 is 17.1 Å². The molecule has 2 N–H and O–H groups in total. The molecule has 0 atom stereocenters. The Kier molecular flexibility index (Phi) is 5.12. The molecule has 1 aliphatic rings. The lowest BCUT2D eigenvalue weighted by molar-refractivity contribution is 0.143. The van der Waals surface area contributed by atoms with Crippen LogP contribution < -0.4 is 5.32 Å². The molecule has 5 nitrogen and oxygen atoms in total. The molecule has 0 fully saturated rings. The molecule has 0 spiro atoms. The van der Waals surface area contributed by atoms with Gasteiger partial charge in [0.05, 0.1) is 0 Å². The van der Waals surface area contributed by atoms with E-state index in [0.29, 0.717) is 19.6 Å². The summed E-state index contributed by atoms with van der Waals surface area (Å²) < 4.78 is 5.53. The van der Waals surface area contributed by atoms with E-state index in [2.05, 4.69) is 51.4 Å². The topological polar surface area (TPSA) is 67.0 Å². The Balaban J connectivity index is 1.14. The first kappa shape index (κ1) is 19.0. The molecule has 0 saturated carbocycles. The number of nitrogens with zero attached hydrogens (tertiary/aromatic N) is 1. The summed E-state index contributed by atoms with van der Waals surface area (Å²) in [6, 6.07) is 20.5. The van der Waals surface area contributed by atoms with Crippen molar-refractivity contribution in [2.45, 2.75) is 12.3 Å². The van der Waals surface area contributed by atoms with Gasteiger partial charge >= 0.3 is 6.09 Å². The van der Waals surface area contributed by atoms with Gasteiger partial charge in [-0.15, -0.1) is 0 Å². The number of hydrogen-bond acceptors (Lipinski definition) is 3. The van der Waals surface area contributed by atoms with Gasteiger partial charge in [0.15, 0.2) is 0 Å². The van der Waals surface area contributed by atoms with Crippen LogP contribution in [0.1, 0.15) is 29.0 Å². The fourth-order valence-electron chi connectivity index (χ4n) is 4.05. The van der Waals surface area contributed by atoms with E-state index >= 15 is 0 Å². The van der Waals surface area contributed by atoms with E-state index in [9.17, 15) is 4.79 Å². The molecular formula is C26H21N3O2. The van der Waals surface area contributed by atoms with E-state index in [4.69, 9.17) is 4.74 Å². The van der Waals surface area contributed by atoms with Gasteiger partial charge in [0.25, 0.3) is 0 Å². The van der Waals surface area contributed by atoms with Gasteiger partial charge in [0, 0.05) is 42.2 Å². The SMILES string of the molecule is O=C(NCCC#Cc1cnc2[nH]ccc2c1)OCC1c2ccccc2-c2ccccc21. The van der Waals surface area contributed by atoms with Crippen LogP contribution in [0.25, 0.3) is 22.2 Å². The molecule has 0 bridgehead atoms. The summed E-state index contributed by atoms with van der Waals surface area (Å²) in [5.74, 6) is 6.21. The molecular weight excluding hydrogens is 386 g/mol. The molecule has 4 aromatic rings. The average Bonchev–Trinajstić information content (AvgIpc) is 3.40.